The molecule has 3 rings (SSSR count). The Kier molecular flexibility index (Phi) is 23.6. The monoisotopic (exact) mass is 743 g/mol. The summed E-state index contributed by atoms with van der Waals surface area (Å²) in [6.45, 7) is 10.9. The molecule has 19 heteroatoms. The van der Waals surface area contributed by atoms with Crippen LogP contribution in [0.15, 0.2) is 35.5 Å². The van der Waals surface area contributed by atoms with E-state index in [4.69, 9.17) is 14.2 Å². The summed E-state index contributed by atoms with van der Waals surface area (Å²) in [6.07, 6.45) is 2.63. The Morgan fingerprint density at radius 3 is 0.878 bits per heavy atom. The molecule has 3 fully saturated rings. The van der Waals surface area contributed by atoms with Gasteiger partial charge in [-0.3, -0.25) is 14.4 Å². The third-order valence-corrected chi connectivity index (χ3v) is 6.20. The maximum Gasteiger partial charge on any atom is 0.373 e. The van der Waals surface area contributed by atoms with E-state index in [1.807, 2.05) is 0 Å². The van der Waals surface area contributed by atoms with E-state index in [-0.39, 0.29) is 36.9 Å². The second-order valence-electron chi connectivity index (χ2n) is 9.56. The fraction of sp³-hybridized carbons (Fsp3) is 0.600. The number of aliphatic hydroxyl groups excluding tert-OH is 3. The number of ether oxygens (including phenoxy) is 6. The number of esters is 3. The summed E-state index contributed by atoms with van der Waals surface area (Å²) in [7, 11) is 0. The van der Waals surface area contributed by atoms with Crippen LogP contribution < -0.4 is 0 Å². The van der Waals surface area contributed by atoms with Crippen molar-refractivity contribution in [2.45, 2.75) is 20.8 Å². The molecule has 3 aliphatic rings. The number of amides is 3. The molecule has 0 aromatic rings. The average molecular weight is 744 g/mol. The summed E-state index contributed by atoms with van der Waals surface area (Å²) in [6, 6.07) is 0. The maximum absolute atomic E-state index is 11.5. The van der Waals surface area contributed by atoms with Crippen molar-refractivity contribution in [2.24, 2.45) is 0 Å². The van der Waals surface area contributed by atoms with Gasteiger partial charge in [-0.15, -0.1) is 0 Å². The fourth-order valence-electron chi connectivity index (χ4n) is 3.77. The molecule has 0 bridgehead atoms. The number of morpholine rings is 3. The van der Waals surface area contributed by atoms with Crippen LogP contribution in [0.5, 0.6) is 0 Å². The molecular formula is C30H45FeN3O15. The predicted octanol–water partition coefficient (Wildman–Crippen LogP) is -0.452. The van der Waals surface area contributed by atoms with Gasteiger partial charge in [0, 0.05) is 56.3 Å². The Morgan fingerprint density at radius 1 is 0.490 bits per heavy atom. The van der Waals surface area contributed by atoms with Crippen LogP contribution >= 0.6 is 0 Å². The molecule has 18 nitrogen and oxygen atoms in total. The summed E-state index contributed by atoms with van der Waals surface area (Å²) in [5.74, 6) is -5.89. The first kappa shape index (κ1) is 44.8. The number of carbonyl (C=O) groups excluding carboxylic acids is 6. The van der Waals surface area contributed by atoms with E-state index in [1.54, 1.807) is 20.8 Å². The third-order valence-electron chi connectivity index (χ3n) is 6.20. The Hall–Kier alpha value is -4.16. The number of aliphatic hydroxyl groups is 3. The van der Waals surface area contributed by atoms with Crippen molar-refractivity contribution < 1.29 is 89.6 Å². The van der Waals surface area contributed by atoms with Crippen molar-refractivity contribution in [1.82, 2.24) is 14.7 Å². The van der Waals surface area contributed by atoms with Gasteiger partial charge in [0.05, 0.1) is 77.7 Å². The third kappa shape index (κ3) is 18.3. The first-order chi connectivity index (χ1) is 22.9. The van der Waals surface area contributed by atoms with E-state index >= 15 is 0 Å². The largest absolute Gasteiger partial charge is 0.502 e. The standard InChI is InChI=1S/3C10H15NO5.Fe/c3*1-2-16-10(14)8(12)7-9(13)11-3-5-15-6-4-11;/h3*7,12H,2-6H2,1H3;. The summed E-state index contributed by atoms with van der Waals surface area (Å²) >= 11 is 0. The van der Waals surface area contributed by atoms with Crippen LogP contribution in [-0.2, 0) is 74.3 Å². The molecule has 278 valence electrons. The zero-order valence-electron chi connectivity index (χ0n) is 27.8. The molecule has 3 saturated heterocycles. The number of hydrogen-bond donors (Lipinski definition) is 3. The second-order valence-corrected chi connectivity index (χ2v) is 9.56. The predicted molar refractivity (Wildman–Crippen MR) is 164 cm³/mol. The Labute approximate surface area is 294 Å². The topological polar surface area (TPSA) is 228 Å². The molecule has 3 N–H and O–H groups in total. The molecule has 3 aliphatic heterocycles. The Balaban J connectivity index is 0.000000698. The van der Waals surface area contributed by atoms with Crippen LogP contribution in [0.2, 0.25) is 0 Å². The van der Waals surface area contributed by atoms with Crippen LogP contribution in [0.25, 0.3) is 0 Å². The molecule has 0 aliphatic carbocycles. The zero-order chi connectivity index (χ0) is 35.9. The van der Waals surface area contributed by atoms with Gasteiger partial charge in [-0.2, -0.15) is 0 Å². The molecule has 0 saturated carbocycles. The van der Waals surface area contributed by atoms with E-state index in [0.717, 1.165) is 18.2 Å². The fourth-order valence-corrected chi connectivity index (χ4v) is 3.77. The summed E-state index contributed by atoms with van der Waals surface area (Å²) in [4.78, 5) is 72.2. The van der Waals surface area contributed by atoms with Crippen molar-refractivity contribution >= 4 is 35.6 Å². The van der Waals surface area contributed by atoms with Crippen LogP contribution in [0.1, 0.15) is 20.8 Å². The van der Waals surface area contributed by atoms with Crippen molar-refractivity contribution in [3.05, 3.63) is 35.5 Å². The van der Waals surface area contributed by atoms with Crippen molar-refractivity contribution in [2.75, 3.05) is 98.7 Å². The van der Waals surface area contributed by atoms with E-state index in [1.165, 1.54) is 14.7 Å². The van der Waals surface area contributed by atoms with Crippen molar-refractivity contribution in [1.29, 1.82) is 0 Å². The van der Waals surface area contributed by atoms with Gasteiger partial charge < -0.3 is 58.4 Å². The molecule has 0 aromatic heterocycles. The van der Waals surface area contributed by atoms with E-state index in [2.05, 4.69) is 14.2 Å². The molecule has 0 aromatic carbocycles. The van der Waals surface area contributed by atoms with E-state index in [9.17, 15) is 44.1 Å². The minimum atomic E-state index is -0.885. The molecular weight excluding hydrogens is 698 g/mol. The van der Waals surface area contributed by atoms with Gasteiger partial charge in [-0.05, 0) is 20.8 Å². The number of hydrogen-bond acceptors (Lipinski definition) is 15. The Bertz CT molecular complexity index is 1030. The van der Waals surface area contributed by atoms with Gasteiger partial charge in [0.1, 0.15) is 0 Å². The normalized spacial score (nSPS) is 16.7. The second kappa shape index (κ2) is 25.8. The van der Waals surface area contributed by atoms with Crippen molar-refractivity contribution in [3.8, 4) is 0 Å². The van der Waals surface area contributed by atoms with Gasteiger partial charge in [-0.1, -0.05) is 0 Å². The molecule has 0 spiro atoms. The van der Waals surface area contributed by atoms with Crippen LogP contribution in [0.3, 0.4) is 0 Å². The number of nitrogens with zero attached hydrogens (tertiary/aromatic N) is 3. The molecule has 3 heterocycles. The first-order valence-electron chi connectivity index (χ1n) is 15.3. The number of rotatable bonds is 9. The Morgan fingerprint density at radius 2 is 0.694 bits per heavy atom. The molecule has 0 atom stereocenters. The summed E-state index contributed by atoms with van der Waals surface area (Å²) < 4.78 is 28.8. The number of carbonyl (C=O) groups is 6. The molecule has 0 radical (unpaired) electrons. The van der Waals surface area contributed by atoms with Crippen molar-refractivity contribution in [3.63, 3.8) is 0 Å². The van der Waals surface area contributed by atoms with Crippen LogP contribution in [-0.4, -0.2) is 164 Å². The van der Waals surface area contributed by atoms with Crippen LogP contribution in [0, 0.1) is 0 Å². The maximum atomic E-state index is 11.5. The van der Waals surface area contributed by atoms with Gasteiger partial charge in [-0.25, -0.2) is 14.4 Å². The molecule has 0 unspecified atom stereocenters. The SMILES string of the molecule is CCOC(=O)C(O)=CC(=O)N1CCOCC1.CCOC(=O)C(O)=CC(=O)N1CCOCC1.CCOC(=O)C(O)=CC(=O)N1CCOCC1.[Fe]. The molecule has 49 heavy (non-hydrogen) atoms. The van der Waals surface area contributed by atoms with Gasteiger partial charge in [0.25, 0.3) is 17.7 Å². The smallest absolute Gasteiger partial charge is 0.373 e. The van der Waals surface area contributed by atoms with Gasteiger partial charge in [0.2, 0.25) is 17.3 Å². The minimum absolute atomic E-state index is 0. The minimum Gasteiger partial charge on any atom is -0.502 e. The van der Waals surface area contributed by atoms with Gasteiger partial charge in [0.15, 0.2) is 0 Å². The molecule has 3 amide bonds. The van der Waals surface area contributed by atoms with E-state index < -0.39 is 52.9 Å². The average Bonchev–Trinajstić information content (AvgIpc) is 3.10. The first-order valence-corrected chi connectivity index (χ1v) is 15.3. The summed E-state index contributed by atoms with van der Waals surface area (Å²) in [5, 5.41) is 27.8. The zero-order valence-corrected chi connectivity index (χ0v) is 28.9. The van der Waals surface area contributed by atoms with Gasteiger partial charge >= 0.3 is 17.9 Å². The summed E-state index contributed by atoms with van der Waals surface area (Å²) in [5.41, 5.74) is 0. The quantitative estimate of drug-likeness (QED) is 0.0893. The van der Waals surface area contributed by atoms with Crippen LogP contribution in [0.4, 0.5) is 0 Å². The van der Waals surface area contributed by atoms with E-state index in [0.29, 0.717) is 78.9 Å².